The molecular weight excluding hydrogens is 322 g/mol. The highest BCUT2D eigenvalue weighted by atomic mass is 32.2. The number of para-hydroxylation sites is 1. The normalized spacial score (nSPS) is 10.5. The number of anilines is 2. The third-order valence-corrected chi connectivity index (χ3v) is 4.55. The van der Waals surface area contributed by atoms with Gasteiger partial charge in [-0.05, 0) is 29.8 Å². The summed E-state index contributed by atoms with van der Waals surface area (Å²) < 4.78 is 1.73. The number of hydrogen-bond donors (Lipinski definition) is 2. The Morgan fingerprint density at radius 1 is 1.17 bits per heavy atom. The number of nitrogens with two attached hydrogens (primary N) is 1. The van der Waals surface area contributed by atoms with E-state index in [1.165, 1.54) is 11.8 Å². The van der Waals surface area contributed by atoms with Gasteiger partial charge in [0.05, 0.1) is 0 Å². The van der Waals surface area contributed by atoms with Gasteiger partial charge in [0.15, 0.2) is 5.16 Å². The standard InChI is InChI=1S/C17H17N5OS/c1-22-16(18)20-21-17(22)24-11-12-6-5-7-13(10-12)15(23)19-14-8-3-2-4-9-14/h2-10H,11H2,1H3,(H2,18,20)(H,19,23). The first-order valence-corrected chi connectivity index (χ1v) is 8.35. The molecule has 0 atom stereocenters. The predicted molar refractivity (Wildman–Crippen MR) is 95.8 cm³/mol. The van der Waals surface area contributed by atoms with Crippen molar-refractivity contribution in [2.24, 2.45) is 7.05 Å². The van der Waals surface area contributed by atoms with Crippen molar-refractivity contribution in [1.82, 2.24) is 14.8 Å². The molecule has 1 aromatic heterocycles. The molecule has 0 aliphatic carbocycles. The summed E-state index contributed by atoms with van der Waals surface area (Å²) in [6.07, 6.45) is 0. The first-order chi connectivity index (χ1) is 11.6. The average Bonchev–Trinajstić information content (AvgIpc) is 2.93. The molecule has 6 nitrogen and oxygen atoms in total. The number of amides is 1. The van der Waals surface area contributed by atoms with Crippen LogP contribution in [0.5, 0.6) is 0 Å². The molecule has 0 saturated carbocycles. The van der Waals surface area contributed by atoms with E-state index < -0.39 is 0 Å². The van der Waals surface area contributed by atoms with Gasteiger partial charge in [-0.15, -0.1) is 10.2 Å². The fourth-order valence-corrected chi connectivity index (χ4v) is 2.99. The summed E-state index contributed by atoms with van der Waals surface area (Å²) in [7, 11) is 1.82. The van der Waals surface area contributed by atoms with E-state index in [-0.39, 0.29) is 5.91 Å². The highest BCUT2D eigenvalue weighted by Gasteiger charge is 2.09. The van der Waals surface area contributed by atoms with Crippen LogP contribution in [-0.2, 0) is 12.8 Å². The lowest BCUT2D eigenvalue weighted by atomic mass is 10.1. The van der Waals surface area contributed by atoms with E-state index in [0.717, 1.165) is 16.4 Å². The van der Waals surface area contributed by atoms with Crippen molar-refractivity contribution in [3.05, 3.63) is 65.7 Å². The van der Waals surface area contributed by atoms with Gasteiger partial charge in [-0.25, -0.2) is 0 Å². The van der Waals surface area contributed by atoms with Crippen LogP contribution in [0.1, 0.15) is 15.9 Å². The largest absolute Gasteiger partial charge is 0.368 e. The van der Waals surface area contributed by atoms with E-state index >= 15 is 0 Å². The fraction of sp³-hybridized carbons (Fsp3) is 0.118. The lowest BCUT2D eigenvalue weighted by Gasteiger charge is -2.07. The average molecular weight is 339 g/mol. The van der Waals surface area contributed by atoms with Crippen LogP contribution in [0, 0.1) is 0 Å². The van der Waals surface area contributed by atoms with E-state index in [4.69, 9.17) is 5.73 Å². The van der Waals surface area contributed by atoms with Gasteiger partial charge in [-0.2, -0.15) is 0 Å². The molecule has 7 heteroatoms. The summed E-state index contributed by atoms with van der Waals surface area (Å²) in [4.78, 5) is 12.3. The van der Waals surface area contributed by atoms with E-state index in [9.17, 15) is 4.79 Å². The van der Waals surface area contributed by atoms with E-state index in [1.807, 2.05) is 55.6 Å². The highest BCUT2D eigenvalue weighted by molar-refractivity contribution is 7.98. The molecule has 24 heavy (non-hydrogen) atoms. The summed E-state index contributed by atoms with van der Waals surface area (Å²) >= 11 is 1.52. The smallest absolute Gasteiger partial charge is 0.255 e. The van der Waals surface area contributed by atoms with Gasteiger partial charge in [-0.1, -0.05) is 42.1 Å². The van der Waals surface area contributed by atoms with Gasteiger partial charge in [0.2, 0.25) is 5.95 Å². The first kappa shape index (κ1) is 16.1. The van der Waals surface area contributed by atoms with Crippen molar-refractivity contribution in [3.8, 4) is 0 Å². The van der Waals surface area contributed by atoms with Gasteiger partial charge < -0.3 is 11.1 Å². The van der Waals surface area contributed by atoms with Crippen LogP contribution in [0.3, 0.4) is 0 Å². The Morgan fingerprint density at radius 2 is 1.96 bits per heavy atom. The Bertz CT molecular complexity index is 847. The predicted octanol–water partition coefficient (Wildman–Crippen LogP) is 2.94. The van der Waals surface area contributed by atoms with Crippen LogP contribution < -0.4 is 11.1 Å². The quantitative estimate of drug-likeness (QED) is 0.698. The third kappa shape index (κ3) is 3.75. The number of hydrogen-bond acceptors (Lipinski definition) is 5. The second-order valence-electron chi connectivity index (χ2n) is 5.21. The van der Waals surface area contributed by atoms with Crippen molar-refractivity contribution in [1.29, 1.82) is 0 Å². The monoisotopic (exact) mass is 339 g/mol. The van der Waals surface area contributed by atoms with Gasteiger partial charge >= 0.3 is 0 Å². The maximum atomic E-state index is 12.3. The van der Waals surface area contributed by atoms with Crippen LogP contribution in [-0.4, -0.2) is 20.7 Å². The number of carbonyl (C=O) groups excluding carboxylic acids is 1. The third-order valence-electron chi connectivity index (χ3n) is 3.46. The zero-order valence-corrected chi connectivity index (χ0v) is 14.0. The summed E-state index contributed by atoms with van der Waals surface area (Å²) in [6.45, 7) is 0. The van der Waals surface area contributed by atoms with Crippen LogP contribution in [0.4, 0.5) is 11.6 Å². The summed E-state index contributed by atoms with van der Waals surface area (Å²) in [5.74, 6) is 0.933. The number of carbonyl (C=O) groups is 1. The molecule has 122 valence electrons. The second kappa shape index (κ2) is 7.18. The van der Waals surface area contributed by atoms with E-state index in [1.54, 1.807) is 10.6 Å². The zero-order valence-electron chi connectivity index (χ0n) is 13.1. The topological polar surface area (TPSA) is 85.8 Å². The lowest BCUT2D eigenvalue weighted by Crippen LogP contribution is -2.11. The maximum absolute atomic E-state index is 12.3. The Balaban J connectivity index is 1.67. The maximum Gasteiger partial charge on any atom is 0.255 e. The Kier molecular flexibility index (Phi) is 4.81. The molecule has 0 bridgehead atoms. The lowest BCUT2D eigenvalue weighted by molar-refractivity contribution is 0.102. The van der Waals surface area contributed by atoms with Crippen LogP contribution in [0.2, 0.25) is 0 Å². The molecule has 0 aliphatic rings. The molecule has 3 aromatic rings. The van der Waals surface area contributed by atoms with Crippen molar-refractivity contribution < 1.29 is 4.79 Å². The van der Waals surface area contributed by atoms with Crippen LogP contribution in [0.25, 0.3) is 0 Å². The summed E-state index contributed by atoms with van der Waals surface area (Å²) in [5, 5.41) is 11.5. The molecule has 1 heterocycles. The van der Waals surface area contributed by atoms with Gasteiger partial charge in [0.1, 0.15) is 0 Å². The summed E-state index contributed by atoms with van der Waals surface area (Å²) in [6, 6.07) is 16.9. The Hall–Kier alpha value is -2.80. The zero-order chi connectivity index (χ0) is 16.9. The Labute approximate surface area is 144 Å². The first-order valence-electron chi connectivity index (χ1n) is 7.36. The minimum Gasteiger partial charge on any atom is -0.368 e. The van der Waals surface area contributed by atoms with E-state index in [0.29, 0.717) is 17.3 Å². The van der Waals surface area contributed by atoms with Gasteiger partial charge in [-0.3, -0.25) is 9.36 Å². The SMILES string of the molecule is Cn1c(N)nnc1SCc1cccc(C(=O)Nc2ccccc2)c1. The molecule has 1 amide bonds. The molecule has 0 unspecified atom stereocenters. The molecule has 0 radical (unpaired) electrons. The second-order valence-corrected chi connectivity index (χ2v) is 6.15. The van der Waals surface area contributed by atoms with E-state index in [2.05, 4.69) is 15.5 Å². The Morgan fingerprint density at radius 3 is 2.67 bits per heavy atom. The highest BCUT2D eigenvalue weighted by Crippen LogP contribution is 2.22. The molecule has 2 aromatic carbocycles. The number of aromatic nitrogens is 3. The summed E-state index contributed by atoms with van der Waals surface area (Å²) in [5.41, 5.74) is 8.09. The molecular formula is C17H17N5OS. The number of nitrogen functional groups attached to an aromatic ring is 1. The molecule has 3 N–H and O–H groups in total. The van der Waals surface area contributed by atoms with Crippen molar-refractivity contribution >= 4 is 29.3 Å². The van der Waals surface area contributed by atoms with Crippen LogP contribution in [0.15, 0.2) is 59.8 Å². The number of thioether (sulfide) groups is 1. The number of benzene rings is 2. The van der Waals surface area contributed by atoms with Gasteiger partial charge in [0.25, 0.3) is 5.91 Å². The molecule has 0 aliphatic heterocycles. The molecule has 0 saturated heterocycles. The number of nitrogens with one attached hydrogen (secondary N) is 1. The molecule has 0 fully saturated rings. The minimum atomic E-state index is -0.129. The number of nitrogens with zero attached hydrogens (tertiary/aromatic N) is 3. The van der Waals surface area contributed by atoms with Crippen molar-refractivity contribution in [2.75, 3.05) is 11.1 Å². The number of rotatable bonds is 5. The fourth-order valence-electron chi connectivity index (χ4n) is 2.13. The molecule has 0 spiro atoms. The van der Waals surface area contributed by atoms with Crippen LogP contribution >= 0.6 is 11.8 Å². The minimum absolute atomic E-state index is 0.129. The molecule has 3 rings (SSSR count). The van der Waals surface area contributed by atoms with Crippen molar-refractivity contribution in [2.45, 2.75) is 10.9 Å². The van der Waals surface area contributed by atoms with Crippen molar-refractivity contribution in [3.63, 3.8) is 0 Å². The van der Waals surface area contributed by atoms with Gasteiger partial charge in [0, 0.05) is 24.1 Å².